The highest BCUT2D eigenvalue weighted by atomic mass is 32.1. The molecule has 0 aliphatic carbocycles. The number of cyclic esters (lactones) is 1. The third kappa shape index (κ3) is 4.46. The molecule has 1 amide bonds. The molecule has 9 heteroatoms. The van der Waals surface area contributed by atoms with Crippen molar-refractivity contribution in [3.63, 3.8) is 0 Å². The Morgan fingerprint density at radius 1 is 1.20 bits per heavy atom. The lowest BCUT2D eigenvalue weighted by Gasteiger charge is -2.18. The van der Waals surface area contributed by atoms with Gasteiger partial charge in [0.2, 0.25) is 11.0 Å². The number of nitrogens with one attached hydrogen (secondary N) is 1. The van der Waals surface area contributed by atoms with Crippen molar-refractivity contribution < 1.29 is 23.8 Å². The summed E-state index contributed by atoms with van der Waals surface area (Å²) in [6.07, 6.45) is 3.47. The van der Waals surface area contributed by atoms with Crippen molar-refractivity contribution in [1.29, 1.82) is 0 Å². The summed E-state index contributed by atoms with van der Waals surface area (Å²) in [6, 6.07) is 0. The van der Waals surface area contributed by atoms with E-state index in [0.29, 0.717) is 41.5 Å². The summed E-state index contributed by atoms with van der Waals surface area (Å²) in [5, 5.41) is 11.8. The number of allylic oxidation sites excluding steroid dienone is 2. The molecular weight excluding hydrogens is 406 g/mol. The van der Waals surface area contributed by atoms with Crippen molar-refractivity contribution in [3.05, 3.63) is 38.9 Å². The van der Waals surface area contributed by atoms with Gasteiger partial charge in [-0.3, -0.25) is 4.79 Å². The monoisotopic (exact) mass is 431 g/mol. The van der Waals surface area contributed by atoms with E-state index >= 15 is 0 Å². The Balaban J connectivity index is 1.73. The van der Waals surface area contributed by atoms with Gasteiger partial charge in [0.1, 0.15) is 28.7 Å². The number of hydrogen-bond acceptors (Lipinski definition) is 8. The highest BCUT2D eigenvalue weighted by Gasteiger charge is 2.32. The summed E-state index contributed by atoms with van der Waals surface area (Å²) >= 11 is 1.34. The van der Waals surface area contributed by atoms with Gasteiger partial charge in [0.25, 0.3) is 0 Å². The second kappa shape index (κ2) is 9.25. The van der Waals surface area contributed by atoms with E-state index in [1.54, 1.807) is 7.11 Å². The van der Waals surface area contributed by atoms with E-state index in [0.717, 1.165) is 27.3 Å². The number of aryl methyl sites for hydroxylation is 1. The van der Waals surface area contributed by atoms with Crippen LogP contribution < -0.4 is 14.8 Å². The molecule has 1 aliphatic heterocycles. The Morgan fingerprint density at radius 3 is 2.57 bits per heavy atom. The second-order valence-corrected chi connectivity index (χ2v) is 8.21. The van der Waals surface area contributed by atoms with E-state index in [1.807, 2.05) is 26.8 Å². The average molecular weight is 432 g/mol. The number of benzene rings is 1. The van der Waals surface area contributed by atoms with Gasteiger partial charge in [-0.05, 0) is 39.2 Å². The summed E-state index contributed by atoms with van der Waals surface area (Å²) < 4.78 is 16.4. The average Bonchev–Trinajstić information content (AvgIpc) is 3.30. The molecule has 30 heavy (non-hydrogen) atoms. The lowest BCUT2D eigenvalue weighted by Crippen LogP contribution is -2.11. The number of rotatable bonds is 8. The van der Waals surface area contributed by atoms with Crippen LogP contribution in [-0.4, -0.2) is 36.3 Å². The molecule has 0 unspecified atom stereocenters. The molecule has 1 aromatic carbocycles. The summed E-state index contributed by atoms with van der Waals surface area (Å²) in [4.78, 5) is 24.3. The molecule has 0 fully saturated rings. The summed E-state index contributed by atoms with van der Waals surface area (Å²) in [5.41, 5.74) is 4.00. The van der Waals surface area contributed by atoms with Crippen LogP contribution in [0.5, 0.6) is 11.5 Å². The van der Waals surface area contributed by atoms with Gasteiger partial charge in [0, 0.05) is 17.5 Å². The number of fused-ring (bicyclic) bond motifs is 1. The standard InChI is InChI=1S/C21H25N3O5S/c1-11(7-9-16(25)22-21-24-23-13(3)30-21)6-8-14-18(27-4)12(2)15-10-29-20(26)17(15)19(14)28-5/h6H,7-10H2,1-5H3,(H,22,24,25). The SMILES string of the molecule is COc1c(C)c2c(c(OC)c1CC=C(C)CCC(=O)Nc1nnc(C)s1)C(=O)OC2. The zero-order valence-electron chi connectivity index (χ0n) is 17.7. The fourth-order valence-corrected chi connectivity index (χ4v) is 4.06. The van der Waals surface area contributed by atoms with Crippen LogP contribution in [0.25, 0.3) is 0 Å². The van der Waals surface area contributed by atoms with Crippen molar-refractivity contribution in [1.82, 2.24) is 10.2 Å². The predicted octanol–water partition coefficient (Wildman–Crippen LogP) is 3.75. The number of aromatic nitrogens is 2. The van der Waals surface area contributed by atoms with Gasteiger partial charge in [-0.1, -0.05) is 23.0 Å². The van der Waals surface area contributed by atoms with Crippen LogP contribution >= 0.6 is 11.3 Å². The van der Waals surface area contributed by atoms with E-state index in [9.17, 15) is 9.59 Å². The molecule has 2 heterocycles. The molecule has 0 saturated heterocycles. The summed E-state index contributed by atoms with van der Waals surface area (Å²) in [5.74, 6) is 0.698. The Kier molecular flexibility index (Phi) is 6.71. The Hall–Kier alpha value is -2.94. The molecule has 0 radical (unpaired) electrons. The predicted molar refractivity (Wildman–Crippen MR) is 113 cm³/mol. The number of esters is 1. The normalized spacial score (nSPS) is 13.1. The van der Waals surface area contributed by atoms with E-state index in [-0.39, 0.29) is 18.5 Å². The fraction of sp³-hybridized carbons (Fsp3) is 0.429. The van der Waals surface area contributed by atoms with Crippen molar-refractivity contribution in [2.24, 2.45) is 0 Å². The number of ether oxygens (including phenoxy) is 3. The minimum Gasteiger partial charge on any atom is -0.496 e. The number of nitrogens with zero attached hydrogens (tertiary/aromatic N) is 2. The molecule has 0 atom stereocenters. The molecule has 0 saturated carbocycles. The van der Waals surface area contributed by atoms with Crippen LogP contribution in [-0.2, 0) is 22.6 Å². The molecule has 1 aliphatic rings. The van der Waals surface area contributed by atoms with Crippen LogP contribution in [0.2, 0.25) is 0 Å². The number of anilines is 1. The molecule has 2 aromatic rings. The Labute approximate surface area is 179 Å². The Bertz CT molecular complexity index is 1010. The smallest absolute Gasteiger partial charge is 0.342 e. The fourth-order valence-electron chi connectivity index (χ4n) is 3.45. The topological polar surface area (TPSA) is 99.6 Å². The van der Waals surface area contributed by atoms with Gasteiger partial charge in [-0.15, -0.1) is 10.2 Å². The van der Waals surface area contributed by atoms with E-state index < -0.39 is 0 Å². The van der Waals surface area contributed by atoms with Crippen LogP contribution in [0, 0.1) is 13.8 Å². The molecule has 0 bridgehead atoms. The van der Waals surface area contributed by atoms with Gasteiger partial charge in [-0.25, -0.2) is 4.79 Å². The quantitative estimate of drug-likeness (QED) is 0.502. The summed E-state index contributed by atoms with van der Waals surface area (Å²) in [6.45, 7) is 5.95. The zero-order chi connectivity index (χ0) is 21.8. The van der Waals surface area contributed by atoms with Crippen molar-refractivity contribution >= 4 is 28.3 Å². The van der Waals surface area contributed by atoms with Gasteiger partial charge >= 0.3 is 5.97 Å². The van der Waals surface area contributed by atoms with Crippen molar-refractivity contribution in [2.75, 3.05) is 19.5 Å². The third-order valence-corrected chi connectivity index (χ3v) is 5.76. The molecule has 1 aromatic heterocycles. The zero-order valence-corrected chi connectivity index (χ0v) is 18.6. The van der Waals surface area contributed by atoms with Crippen molar-refractivity contribution in [3.8, 4) is 11.5 Å². The molecular formula is C21H25N3O5S. The minimum absolute atomic E-state index is 0.106. The third-order valence-electron chi connectivity index (χ3n) is 5.00. The number of amides is 1. The molecule has 160 valence electrons. The maximum absolute atomic E-state index is 12.2. The second-order valence-electron chi connectivity index (χ2n) is 7.03. The first-order chi connectivity index (χ1) is 14.3. The highest BCUT2D eigenvalue weighted by molar-refractivity contribution is 7.15. The molecule has 0 spiro atoms. The maximum atomic E-state index is 12.2. The van der Waals surface area contributed by atoms with E-state index in [1.165, 1.54) is 18.4 Å². The number of carbonyl (C=O) groups is 2. The van der Waals surface area contributed by atoms with Crippen LogP contribution in [0.15, 0.2) is 11.6 Å². The Morgan fingerprint density at radius 2 is 1.93 bits per heavy atom. The van der Waals surface area contributed by atoms with Gasteiger partial charge in [-0.2, -0.15) is 0 Å². The molecule has 8 nitrogen and oxygen atoms in total. The van der Waals surface area contributed by atoms with E-state index in [2.05, 4.69) is 15.5 Å². The van der Waals surface area contributed by atoms with Gasteiger partial charge in [0.05, 0.1) is 14.2 Å². The van der Waals surface area contributed by atoms with E-state index in [4.69, 9.17) is 14.2 Å². The van der Waals surface area contributed by atoms with Gasteiger partial charge < -0.3 is 19.5 Å². The van der Waals surface area contributed by atoms with Gasteiger partial charge in [0.15, 0.2) is 0 Å². The maximum Gasteiger partial charge on any atom is 0.342 e. The first-order valence-corrected chi connectivity index (χ1v) is 10.4. The lowest BCUT2D eigenvalue weighted by atomic mass is 9.94. The van der Waals surface area contributed by atoms with Crippen molar-refractivity contribution in [2.45, 2.75) is 46.6 Å². The minimum atomic E-state index is -0.377. The largest absolute Gasteiger partial charge is 0.496 e. The lowest BCUT2D eigenvalue weighted by molar-refractivity contribution is -0.116. The first-order valence-electron chi connectivity index (χ1n) is 9.54. The highest BCUT2D eigenvalue weighted by Crippen LogP contribution is 2.42. The summed E-state index contributed by atoms with van der Waals surface area (Å²) in [7, 11) is 3.14. The van der Waals surface area contributed by atoms with Crippen LogP contribution in [0.1, 0.15) is 51.8 Å². The number of carbonyl (C=O) groups excluding carboxylic acids is 2. The van der Waals surface area contributed by atoms with Crippen LogP contribution in [0.3, 0.4) is 0 Å². The first kappa shape index (κ1) is 21.8. The van der Waals surface area contributed by atoms with Crippen LogP contribution in [0.4, 0.5) is 5.13 Å². The molecule has 1 N–H and O–H groups in total. The number of methoxy groups -OCH3 is 2. The molecule has 3 rings (SSSR count). The number of hydrogen-bond donors (Lipinski definition) is 1.